The topological polar surface area (TPSA) is 78.6 Å². The van der Waals surface area contributed by atoms with Gasteiger partial charge in [0.1, 0.15) is 0 Å². The highest BCUT2D eigenvalue weighted by Crippen LogP contribution is 2.28. The van der Waals surface area contributed by atoms with Crippen molar-refractivity contribution in [3.8, 4) is 5.75 Å². The van der Waals surface area contributed by atoms with Crippen LogP contribution in [0.1, 0.15) is 36.0 Å². The third-order valence-electron chi connectivity index (χ3n) is 4.48. The highest BCUT2D eigenvalue weighted by Gasteiger charge is 2.36. The second-order valence-electron chi connectivity index (χ2n) is 5.71. The van der Waals surface area contributed by atoms with Crippen LogP contribution in [0.25, 0.3) is 0 Å². The van der Waals surface area contributed by atoms with Gasteiger partial charge in [0.2, 0.25) is 0 Å². The number of benzene rings is 1. The number of nitrogens with zero attached hydrogens (tertiary/aromatic N) is 1. The van der Waals surface area contributed by atoms with E-state index < -0.39 is 0 Å². The van der Waals surface area contributed by atoms with Crippen LogP contribution < -0.4 is 11.1 Å². The highest BCUT2D eigenvalue weighted by atomic mass is 16.3. The van der Waals surface area contributed by atoms with Crippen LogP contribution in [0.5, 0.6) is 5.75 Å². The second kappa shape index (κ2) is 5.32. The molecule has 1 aromatic rings. The molecule has 0 saturated carbocycles. The maximum atomic E-state index is 12.3. The summed E-state index contributed by atoms with van der Waals surface area (Å²) in [6, 6.07) is 5.52. The number of nitrogens with two attached hydrogens (primary N) is 1. The number of hydrogen-bond acceptors (Lipinski definition) is 4. The lowest BCUT2D eigenvalue weighted by Crippen LogP contribution is -2.46. The normalized spacial score (nSPS) is 26.2. The number of nitrogen functional groups attached to an aromatic ring is 1. The Labute approximate surface area is 118 Å². The Morgan fingerprint density at radius 2 is 2.15 bits per heavy atom. The number of piperidine rings is 1. The zero-order valence-corrected chi connectivity index (χ0v) is 11.5. The number of hydrogen-bond donors (Lipinski definition) is 3. The molecule has 2 heterocycles. The van der Waals surface area contributed by atoms with Crippen LogP contribution in [-0.4, -0.2) is 41.1 Å². The molecule has 2 unspecified atom stereocenters. The molecule has 2 saturated heterocycles. The van der Waals surface area contributed by atoms with E-state index in [2.05, 4.69) is 10.2 Å². The summed E-state index contributed by atoms with van der Waals surface area (Å²) < 4.78 is 0. The fourth-order valence-electron chi connectivity index (χ4n) is 3.41. The van der Waals surface area contributed by atoms with Crippen LogP contribution in [-0.2, 0) is 0 Å². The van der Waals surface area contributed by atoms with Crippen molar-refractivity contribution in [2.45, 2.75) is 37.8 Å². The average molecular weight is 275 g/mol. The van der Waals surface area contributed by atoms with E-state index in [1.165, 1.54) is 12.8 Å². The molecule has 1 aromatic carbocycles. The number of rotatable bonds is 2. The molecule has 2 atom stereocenters. The van der Waals surface area contributed by atoms with Crippen molar-refractivity contribution in [3.05, 3.63) is 23.8 Å². The lowest BCUT2D eigenvalue weighted by Gasteiger charge is -2.32. The van der Waals surface area contributed by atoms with Crippen molar-refractivity contribution in [2.24, 2.45) is 0 Å². The van der Waals surface area contributed by atoms with E-state index in [4.69, 9.17) is 5.73 Å². The number of carbonyl (C=O) groups excluding carboxylic acids is 1. The smallest absolute Gasteiger partial charge is 0.255 e. The zero-order valence-electron chi connectivity index (χ0n) is 11.5. The van der Waals surface area contributed by atoms with Gasteiger partial charge in [0.25, 0.3) is 5.91 Å². The van der Waals surface area contributed by atoms with Crippen molar-refractivity contribution < 1.29 is 9.90 Å². The number of carbonyl (C=O) groups is 1. The van der Waals surface area contributed by atoms with E-state index in [1.54, 1.807) is 18.2 Å². The molecule has 2 fully saturated rings. The average Bonchev–Trinajstić information content (AvgIpc) is 2.85. The Kier molecular flexibility index (Phi) is 3.53. The van der Waals surface area contributed by atoms with Gasteiger partial charge in [-0.15, -0.1) is 0 Å². The Morgan fingerprint density at radius 1 is 1.30 bits per heavy atom. The molecule has 3 rings (SSSR count). The molecule has 0 radical (unpaired) electrons. The zero-order chi connectivity index (χ0) is 14.1. The lowest BCUT2D eigenvalue weighted by molar-refractivity contribution is 0.0913. The number of aromatic hydroxyl groups is 1. The molecule has 20 heavy (non-hydrogen) atoms. The summed E-state index contributed by atoms with van der Waals surface area (Å²) in [5.74, 6) is -0.351. The predicted octanol–water partition coefficient (Wildman–Crippen LogP) is 1.33. The van der Waals surface area contributed by atoms with Gasteiger partial charge in [0, 0.05) is 18.6 Å². The Bertz CT molecular complexity index is 518. The maximum absolute atomic E-state index is 12.3. The number of para-hydroxylation sites is 1. The first-order chi connectivity index (χ1) is 9.66. The second-order valence-corrected chi connectivity index (χ2v) is 5.71. The summed E-state index contributed by atoms with van der Waals surface area (Å²) in [5.41, 5.74) is 6.14. The van der Waals surface area contributed by atoms with Gasteiger partial charge in [-0.2, -0.15) is 0 Å². The summed E-state index contributed by atoms with van der Waals surface area (Å²) >= 11 is 0. The molecule has 0 spiro atoms. The van der Waals surface area contributed by atoms with Gasteiger partial charge in [0.15, 0.2) is 5.75 Å². The minimum absolute atomic E-state index is 0.122. The van der Waals surface area contributed by atoms with E-state index in [9.17, 15) is 9.90 Å². The Hall–Kier alpha value is -1.75. The molecule has 1 amide bonds. The van der Waals surface area contributed by atoms with E-state index in [0.29, 0.717) is 6.04 Å². The van der Waals surface area contributed by atoms with Crippen LogP contribution in [0, 0.1) is 0 Å². The molecule has 0 aromatic heterocycles. The molecule has 5 nitrogen and oxygen atoms in total. The first-order valence-corrected chi connectivity index (χ1v) is 7.29. The van der Waals surface area contributed by atoms with Gasteiger partial charge < -0.3 is 16.2 Å². The highest BCUT2D eigenvalue weighted by molar-refractivity contribution is 5.98. The quantitative estimate of drug-likeness (QED) is 0.562. The predicted molar refractivity (Wildman–Crippen MR) is 77.6 cm³/mol. The van der Waals surface area contributed by atoms with Crippen LogP contribution in [0.15, 0.2) is 18.2 Å². The van der Waals surface area contributed by atoms with Crippen molar-refractivity contribution in [2.75, 3.05) is 18.8 Å². The van der Waals surface area contributed by atoms with Gasteiger partial charge in [-0.05, 0) is 37.9 Å². The van der Waals surface area contributed by atoms with Gasteiger partial charge >= 0.3 is 0 Å². The monoisotopic (exact) mass is 275 g/mol. The van der Waals surface area contributed by atoms with Crippen molar-refractivity contribution in [1.82, 2.24) is 10.2 Å². The third-order valence-corrected chi connectivity index (χ3v) is 4.48. The molecule has 2 aliphatic heterocycles. The third kappa shape index (κ3) is 2.33. The molecular weight excluding hydrogens is 254 g/mol. The van der Waals surface area contributed by atoms with Crippen LogP contribution in [0.3, 0.4) is 0 Å². The Morgan fingerprint density at radius 3 is 3.00 bits per heavy atom. The summed E-state index contributed by atoms with van der Waals surface area (Å²) in [4.78, 5) is 14.8. The Balaban J connectivity index is 1.71. The van der Waals surface area contributed by atoms with E-state index >= 15 is 0 Å². The van der Waals surface area contributed by atoms with Crippen molar-refractivity contribution >= 4 is 11.6 Å². The molecule has 0 bridgehead atoms. The van der Waals surface area contributed by atoms with Gasteiger partial charge in [-0.1, -0.05) is 12.5 Å². The molecule has 4 N–H and O–H groups in total. The van der Waals surface area contributed by atoms with Crippen LogP contribution in [0.2, 0.25) is 0 Å². The van der Waals surface area contributed by atoms with Crippen LogP contribution >= 0.6 is 0 Å². The van der Waals surface area contributed by atoms with Gasteiger partial charge in [-0.3, -0.25) is 9.69 Å². The lowest BCUT2D eigenvalue weighted by atomic mass is 9.98. The molecular formula is C15H21N3O2. The molecule has 5 heteroatoms. The number of fused-ring (bicyclic) bond motifs is 1. The number of amides is 1. The van der Waals surface area contributed by atoms with Crippen LogP contribution in [0.4, 0.5) is 5.69 Å². The first kappa shape index (κ1) is 13.2. The summed E-state index contributed by atoms with van der Waals surface area (Å²) in [6.07, 6.45) is 4.62. The molecule has 2 aliphatic rings. The first-order valence-electron chi connectivity index (χ1n) is 7.29. The molecule has 0 aliphatic carbocycles. The number of nitrogens with one attached hydrogen (secondary N) is 1. The molecule has 108 valence electrons. The van der Waals surface area contributed by atoms with Crippen molar-refractivity contribution in [3.63, 3.8) is 0 Å². The van der Waals surface area contributed by atoms with Gasteiger partial charge in [0.05, 0.1) is 11.3 Å². The maximum Gasteiger partial charge on any atom is 0.255 e. The van der Waals surface area contributed by atoms with E-state index in [1.807, 2.05) is 0 Å². The summed E-state index contributed by atoms with van der Waals surface area (Å²) in [7, 11) is 0. The largest absolute Gasteiger partial charge is 0.505 e. The van der Waals surface area contributed by atoms with Crippen molar-refractivity contribution in [1.29, 1.82) is 0 Å². The summed E-state index contributed by atoms with van der Waals surface area (Å²) in [6.45, 7) is 2.19. The van der Waals surface area contributed by atoms with E-state index in [0.717, 1.165) is 25.9 Å². The standard InChI is InChI=1S/C15H21N3O2/c16-11-5-3-4-10(14(11)19)15(20)17-12-7-9-18-8-2-1-6-13(12)18/h3-5,12-13,19H,1-2,6-9,16H2,(H,17,20). The minimum Gasteiger partial charge on any atom is -0.505 e. The fraction of sp³-hybridized carbons (Fsp3) is 0.533. The number of phenolic OH excluding ortho intramolecular Hbond substituents is 1. The number of phenols is 1. The summed E-state index contributed by atoms with van der Waals surface area (Å²) in [5, 5.41) is 12.9. The SMILES string of the molecule is Nc1cccc(C(=O)NC2CCN3CCCCC23)c1O. The van der Waals surface area contributed by atoms with Gasteiger partial charge in [-0.25, -0.2) is 0 Å². The number of anilines is 1. The van der Waals surface area contributed by atoms with E-state index in [-0.39, 0.29) is 28.9 Å². The minimum atomic E-state index is -0.229. The fourth-order valence-corrected chi connectivity index (χ4v) is 3.41.